The van der Waals surface area contributed by atoms with E-state index in [4.69, 9.17) is 9.47 Å². The minimum Gasteiger partial charge on any atom is -0.497 e. The van der Waals surface area contributed by atoms with E-state index in [0.29, 0.717) is 17.0 Å². The molecular weight excluding hydrogens is 420 g/mol. The summed E-state index contributed by atoms with van der Waals surface area (Å²) in [6, 6.07) is 4.89. The number of nitrogens with zero attached hydrogens (tertiary/aromatic N) is 1. The average Bonchev–Trinajstić information content (AvgIpc) is 3.05. The fourth-order valence-corrected chi connectivity index (χ4v) is 4.91. The summed E-state index contributed by atoms with van der Waals surface area (Å²) in [5, 5.41) is 0. The Balaban J connectivity index is 2.45. The summed E-state index contributed by atoms with van der Waals surface area (Å²) in [6.45, 7) is 10.3. The molecule has 0 fully saturated rings. The molecule has 1 aromatic heterocycles. The molecule has 0 unspecified atom stereocenters. The number of sulfonamides is 1. The van der Waals surface area contributed by atoms with Crippen LogP contribution in [0.5, 0.6) is 5.75 Å². The zero-order chi connectivity index (χ0) is 23.3. The number of carbonyl (C=O) groups excluding carboxylic acids is 2. The van der Waals surface area contributed by atoms with Crippen molar-refractivity contribution in [1.82, 2.24) is 9.29 Å². The van der Waals surface area contributed by atoms with Crippen LogP contribution < -0.4 is 4.74 Å². The Morgan fingerprint density at radius 3 is 2.35 bits per heavy atom. The minimum atomic E-state index is -4.00. The molecule has 2 aromatic rings. The van der Waals surface area contributed by atoms with Gasteiger partial charge in [0.25, 0.3) is 0 Å². The van der Waals surface area contributed by atoms with Crippen molar-refractivity contribution in [3.8, 4) is 5.75 Å². The monoisotopic (exact) mass is 448 g/mol. The van der Waals surface area contributed by atoms with Gasteiger partial charge in [0.2, 0.25) is 10.0 Å². The summed E-state index contributed by atoms with van der Waals surface area (Å²) in [5.74, 6) is -0.479. The van der Waals surface area contributed by atoms with Gasteiger partial charge in [-0.1, -0.05) is 6.08 Å². The molecule has 0 bridgehead atoms. The van der Waals surface area contributed by atoms with Crippen molar-refractivity contribution < 1.29 is 27.5 Å². The molecule has 31 heavy (non-hydrogen) atoms. The van der Waals surface area contributed by atoms with Crippen molar-refractivity contribution in [2.45, 2.75) is 38.6 Å². The topological polar surface area (TPSA) is 106 Å². The first-order valence-corrected chi connectivity index (χ1v) is 11.2. The molecule has 0 aliphatic rings. The van der Waals surface area contributed by atoms with Gasteiger partial charge in [-0.3, -0.25) is 4.79 Å². The van der Waals surface area contributed by atoms with Gasteiger partial charge in [-0.05, 0) is 57.5 Å². The average molecular weight is 449 g/mol. The van der Waals surface area contributed by atoms with Crippen LogP contribution in [0.1, 0.15) is 46.0 Å². The molecule has 9 heteroatoms. The largest absolute Gasteiger partial charge is 0.497 e. The van der Waals surface area contributed by atoms with Crippen LogP contribution >= 0.6 is 0 Å². The van der Waals surface area contributed by atoms with Crippen LogP contribution in [0.4, 0.5) is 0 Å². The number of ether oxygens (including phenoxy) is 2. The SMILES string of the molecule is C=CCN([C@@H](C)C(=O)c1c(C)[nH]c(C(=O)OCC)c1C)S(=O)(=O)c1ccc(OC)cc1. The predicted molar refractivity (Wildman–Crippen MR) is 117 cm³/mol. The van der Waals surface area contributed by atoms with Crippen LogP contribution in [0.2, 0.25) is 0 Å². The number of benzene rings is 1. The highest BCUT2D eigenvalue weighted by molar-refractivity contribution is 7.89. The lowest BCUT2D eigenvalue weighted by Crippen LogP contribution is -2.43. The maximum absolute atomic E-state index is 13.3. The molecule has 0 aliphatic carbocycles. The molecule has 1 aromatic carbocycles. The number of methoxy groups -OCH3 is 1. The number of aromatic amines is 1. The summed E-state index contributed by atoms with van der Waals surface area (Å²) in [5.41, 5.74) is 1.35. The Kier molecular flexibility index (Phi) is 7.80. The van der Waals surface area contributed by atoms with E-state index in [2.05, 4.69) is 11.6 Å². The first-order valence-electron chi connectivity index (χ1n) is 9.77. The molecule has 8 nitrogen and oxygen atoms in total. The molecule has 0 saturated heterocycles. The Morgan fingerprint density at radius 1 is 1.23 bits per heavy atom. The summed E-state index contributed by atoms with van der Waals surface area (Å²) >= 11 is 0. The Hall–Kier alpha value is -2.91. The Labute approximate surface area is 182 Å². The summed E-state index contributed by atoms with van der Waals surface area (Å²) in [7, 11) is -2.51. The quantitative estimate of drug-likeness (QED) is 0.340. The zero-order valence-electron chi connectivity index (χ0n) is 18.4. The second-order valence-corrected chi connectivity index (χ2v) is 8.82. The van der Waals surface area contributed by atoms with E-state index in [1.807, 2.05) is 0 Å². The number of ketones is 1. The van der Waals surface area contributed by atoms with Crippen LogP contribution in [0, 0.1) is 13.8 Å². The van der Waals surface area contributed by atoms with Gasteiger partial charge in [0.1, 0.15) is 11.4 Å². The number of H-pyrrole nitrogens is 1. The molecule has 1 atom stereocenters. The van der Waals surface area contributed by atoms with Gasteiger partial charge in [-0.25, -0.2) is 13.2 Å². The lowest BCUT2D eigenvalue weighted by molar-refractivity contribution is 0.0519. The van der Waals surface area contributed by atoms with Crippen LogP contribution in [0.25, 0.3) is 0 Å². The van der Waals surface area contributed by atoms with Crippen molar-refractivity contribution in [1.29, 1.82) is 0 Å². The number of hydrogen-bond acceptors (Lipinski definition) is 6. The highest BCUT2D eigenvalue weighted by atomic mass is 32.2. The van der Waals surface area contributed by atoms with Gasteiger partial charge >= 0.3 is 5.97 Å². The van der Waals surface area contributed by atoms with Gasteiger partial charge in [0, 0.05) is 17.8 Å². The molecule has 0 saturated carbocycles. The lowest BCUT2D eigenvalue weighted by Gasteiger charge is -2.26. The van der Waals surface area contributed by atoms with E-state index in [0.717, 1.165) is 4.31 Å². The second kappa shape index (κ2) is 9.93. The predicted octanol–water partition coefficient (Wildman–Crippen LogP) is 3.26. The van der Waals surface area contributed by atoms with E-state index in [-0.39, 0.29) is 29.3 Å². The number of nitrogens with one attached hydrogen (secondary N) is 1. The Bertz CT molecular complexity index is 1070. The van der Waals surface area contributed by atoms with Crippen LogP contribution in [-0.2, 0) is 14.8 Å². The van der Waals surface area contributed by atoms with Gasteiger partial charge < -0.3 is 14.5 Å². The highest BCUT2D eigenvalue weighted by Crippen LogP contribution is 2.26. The van der Waals surface area contributed by atoms with Crippen LogP contribution in [0.15, 0.2) is 41.8 Å². The van der Waals surface area contributed by atoms with E-state index in [1.54, 1.807) is 20.8 Å². The third kappa shape index (κ3) is 4.88. The zero-order valence-corrected chi connectivity index (χ0v) is 19.2. The van der Waals surface area contributed by atoms with Crippen molar-refractivity contribution >= 4 is 21.8 Å². The number of Topliss-reactive ketones (excluding diaryl/α,β-unsaturated/α-hetero) is 1. The molecule has 1 N–H and O–H groups in total. The molecule has 2 rings (SSSR count). The molecule has 0 spiro atoms. The van der Waals surface area contributed by atoms with E-state index < -0.39 is 27.8 Å². The maximum atomic E-state index is 13.3. The first-order chi connectivity index (χ1) is 14.6. The standard InChI is InChI=1S/C22H28N2O6S/c1-7-13-24(31(27,28)18-11-9-17(29-6)10-12-18)16(5)21(25)19-14(3)20(23-15(19)4)22(26)30-8-2/h7,9-12,16,23H,1,8,13H2,2-6H3/t16-/m0/s1. The number of aryl methyl sites for hydroxylation is 1. The van der Waals surface area contributed by atoms with E-state index in [1.165, 1.54) is 44.4 Å². The van der Waals surface area contributed by atoms with Gasteiger partial charge in [0.05, 0.1) is 24.7 Å². The molecule has 168 valence electrons. The van der Waals surface area contributed by atoms with Gasteiger partial charge in [0.15, 0.2) is 5.78 Å². The van der Waals surface area contributed by atoms with Crippen LogP contribution in [-0.4, -0.2) is 55.8 Å². The summed E-state index contributed by atoms with van der Waals surface area (Å²) in [4.78, 5) is 28.4. The number of esters is 1. The number of carbonyl (C=O) groups is 2. The summed E-state index contributed by atoms with van der Waals surface area (Å²) in [6.07, 6.45) is 1.42. The van der Waals surface area contributed by atoms with Gasteiger partial charge in [-0.15, -0.1) is 6.58 Å². The fraction of sp³-hybridized carbons (Fsp3) is 0.364. The third-order valence-electron chi connectivity index (χ3n) is 4.95. The van der Waals surface area contributed by atoms with Gasteiger partial charge in [-0.2, -0.15) is 4.31 Å². The smallest absolute Gasteiger partial charge is 0.355 e. The number of aromatic nitrogens is 1. The fourth-order valence-electron chi connectivity index (χ4n) is 3.34. The third-order valence-corrected chi connectivity index (χ3v) is 6.90. The minimum absolute atomic E-state index is 0.0320. The first kappa shape index (κ1) is 24.4. The van der Waals surface area contributed by atoms with Crippen molar-refractivity contribution in [2.24, 2.45) is 0 Å². The van der Waals surface area contributed by atoms with Crippen molar-refractivity contribution in [3.63, 3.8) is 0 Å². The molecule has 0 radical (unpaired) electrons. The maximum Gasteiger partial charge on any atom is 0.355 e. The van der Waals surface area contributed by atoms with Crippen molar-refractivity contribution in [2.75, 3.05) is 20.3 Å². The second-order valence-electron chi connectivity index (χ2n) is 6.92. The molecule has 1 heterocycles. The lowest BCUT2D eigenvalue weighted by atomic mass is 10.0. The normalized spacial score (nSPS) is 12.5. The number of rotatable bonds is 10. The molecular formula is C22H28N2O6S. The summed E-state index contributed by atoms with van der Waals surface area (Å²) < 4.78 is 37.7. The molecule has 0 aliphatic heterocycles. The van der Waals surface area contributed by atoms with Crippen molar-refractivity contribution in [3.05, 3.63) is 59.4 Å². The van der Waals surface area contributed by atoms with E-state index >= 15 is 0 Å². The Morgan fingerprint density at radius 2 is 1.84 bits per heavy atom. The van der Waals surface area contributed by atoms with Crippen LogP contribution in [0.3, 0.4) is 0 Å². The number of hydrogen-bond donors (Lipinski definition) is 1. The highest BCUT2D eigenvalue weighted by Gasteiger charge is 2.35. The molecule has 0 amide bonds. The van der Waals surface area contributed by atoms with E-state index in [9.17, 15) is 18.0 Å².